The average Bonchev–Trinajstić information content (AvgIpc) is 2.76. The highest BCUT2D eigenvalue weighted by Crippen LogP contribution is 2.30. The number of amides is 2. The van der Waals surface area contributed by atoms with Gasteiger partial charge in [-0.1, -0.05) is 37.3 Å². The van der Waals surface area contributed by atoms with Crippen LogP contribution in [0.5, 0.6) is 5.75 Å². The van der Waals surface area contributed by atoms with Gasteiger partial charge in [0.2, 0.25) is 5.91 Å². The Morgan fingerprint density at radius 2 is 2.00 bits per heavy atom. The quantitative estimate of drug-likeness (QED) is 0.633. The van der Waals surface area contributed by atoms with Gasteiger partial charge >= 0.3 is 0 Å². The SMILES string of the molecule is CNC[C@@H]1Oc2ccc(NC(=O)Cc3ccccc3)cc2C(=O)N([C@@H](C)CO)C[C@H]1C. The second-order valence-corrected chi connectivity index (χ2v) is 8.10. The Balaban J connectivity index is 1.87. The smallest absolute Gasteiger partial charge is 0.258 e. The summed E-state index contributed by atoms with van der Waals surface area (Å²) in [5.41, 5.74) is 1.83. The normalized spacial score (nSPS) is 19.6. The molecule has 7 nitrogen and oxygen atoms in total. The van der Waals surface area contributed by atoms with Crippen LogP contribution < -0.4 is 15.4 Å². The molecule has 2 aromatic rings. The lowest BCUT2D eigenvalue weighted by molar-refractivity contribution is -0.115. The molecular weight excluding hydrogens is 394 g/mol. The third kappa shape index (κ3) is 5.62. The number of nitrogens with one attached hydrogen (secondary N) is 2. The first kappa shape index (κ1) is 22.8. The van der Waals surface area contributed by atoms with Crippen molar-refractivity contribution in [2.24, 2.45) is 5.92 Å². The first-order chi connectivity index (χ1) is 14.9. The summed E-state index contributed by atoms with van der Waals surface area (Å²) in [5, 5.41) is 15.7. The van der Waals surface area contributed by atoms with Crippen molar-refractivity contribution >= 4 is 17.5 Å². The maximum Gasteiger partial charge on any atom is 0.258 e. The predicted octanol–water partition coefficient (Wildman–Crippen LogP) is 2.31. The summed E-state index contributed by atoms with van der Waals surface area (Å²) in [4.78, 5) is 27.5. The van der Waals surface area contributed by atoms with Crippen molar-refractivity contribution < 1.29 is 19.4 Å². The van der Waals surface area contributed by atoms with E-state index in [0.29, 0.717) is 30.1 Å². The van der Waals surface area contributed by atoms with E-state index in [1.54, 1.807) is 23.1 Å². The maximum absolute atomic E-state index is 13.3. The summed E-state index contributed by atoms with van der Waals surface area (Å²) in [5.74, 6) is 0.176. The first-order valence-corrected chi connectivity index (χ1v) is 10.6. The van der Waals surface area contributed by atoms with Crippen molar-refractivity contribution in [2.75, 3.05) is 32.1 Å². The molecule has 3 atom stereocenters. The van der Waals surface area contributed by atoms with E-state index in [4.69, 9.17) is 4.74 Å². The van der Waals surface area contributed by atoms with Crippen molar-refractivity contribution in [3.05, 3.63) is 59.7 Å². The summed E-state index contributed by atoms with van der Waals surface area (Å²) in [6.45, 7) is 4.84. The van der Waals surface area contributed by atoms with E-state index >= 15 is 0 Å². The Morgan fingerprint density at radius 1 is 1.26 bits per heavy atom. The number of aliphatic hydroxyl groups is 1. The molecule has 2 amide bonds. The minimum Gasteiger partial charge on any atom is -0.488 e. The van der Waals surface area contributed by atoms with Crippen LogP contribution in [0.4, 0.5) is 5.69 Å². The Labute approximate surface area is 183 Å². The molecule has 1 heterocycles. The van der Waals surface area contributed by atoms with Crippen LogP contribution in [0.2, 0.25) is 0 Å². The molecule has 7 heteroatoms. The molecule has 2 aromatic carbocycles. The standard InChI is InChI=1S/C24H31N3O4/c1-16-14-27(17(2)15-28)24(30)20-12-19(9-10-21(20)31-22(16)13-25-3)26-23(29)11-18-7-5-4-6-8-18/h4-10,12,16-17,22,25,28H,11,13-15H2,1-3H3,(H,26,29)/t16-,17+,22+/m1/s1. The molecule has 0 unspecified atom stereocenters. The van der Waals surface area contributed by atoms with Crippen molar-refractivity contribution in [2.45, 2.75) is 32.4 Å². The van der Waals surface area contributed by atoms with Gasteiger partial charge in [0, 0.05) is 24.7 Å². The molecule has 0 bridgehead atoms. The average molecular weight is 426 g/mol. The molecular formula is C24H31N3O4. The van der Waals surface area contributed by atoms with Gasteiger partial charge in [0.15, 0.2) is 0 Å². The zero-order valence-corrected chi connectivity index (χ0v) is 18.3. The fraction of sp³-hybridized carbons (Fsp3) is 0.417. The minimum absolute atomic E-state index is 0.0730. The number of hydrogen-bond acceptors (Lipinski definition) is 5. The lowest BCUT2D eigenvalue weighted by Crippen LogP contribution is -2.49. The highest BCUT2D eigenvalue weighted by atomic mass is 16.5. The number of ether oxygens (including phenoxy) is 1. The monoisotopic (exact) mass is 425 g/mol. The van der Waals surface area contributed by atoms with E-state index in [0.717, 1.165) is 5.56 Å². The van der Waals surface area contributed by atoms with Crippen LogP contribution in [0.1, 0.15) is 29.8 Å². The number of fused-ring (bicyclic) bond motifs is 1. The van der Waals surface area contributed by atoms with Gasteiger partial charge in [-0.2, -0.15) is 0 Å². The van der Waals surface area contributed by atoms with Crippen LogP contribution in [0.3, 0.4) is 0 Å². The van der Waals surface area contributed by atoms with E-state index in [9.17, 15) is 14.7 Å². The lowest BCUT2D eigenvalue weighted by Gasteiger charge is -2.37. The molecule has 0 saturated heterocycles. The molecule has 3 N–H and O–H groups in total. The molecule has 3 rings (SSSR count). The molecule has 1 aliphatic rings. The number of likely N-dealkylation sites (N-methyl/N-ethyl adjacent to an activating group) is 1. The summed E-state index contributed by atoms with van der Waals surface area (Å²) in [6, 6.07) is 14.3. The van der Waals surface area contributed by atoms with Crippen molar-refractivity contribution in [1.29, 1.82) is 0 Å². The molecule has 1 aliphatic heterocycles. The van der Waals surface area contributed by atoms with E-state index < -0.39 is 0 Å². The fourth-order valence-corrected chi connectivity index (χ4v) is 3.73. The van der Waals surface area contributed by atoms with Crippen LogP contribution in [0.25, 0.3) is 0 Å². The van der Waals surface area contributed by atoms with Gasteiger partial charge in [0.05, 0.1) is 24.6 Å². The molecule has 0 aliphatic carbocycles. The van der Waals surface area contributed by atoms with Crippen LogP contribution in [0.15, 0.2) is 48.5 Å². The molecule has 0 radical (unpaired) electrons. The van der Waals surface area contributed by atoms with Gasteiger partial charge in [-0.25, -0.2) is 0 Å². The van der Waals surface area contributed by atoms with Gasteiger partial charge in [0.1, 0.15) is 11.9 Å². The first-order valence-electron chi connectivity index (χ1n) is 10.6. The zero-order valence-electron chi connectivity index (χ0n) is 18.3. The Kier molecular flexibility index (Phi) is 7.65. The van der Waals surface area contributed by atoms with Gasteiger partial charge in [-0.3, -0.25) is 9.59 Å². The number of nitrogens with zero attached hydrogens (tertiary/aromatic N) is 1. The van der Waals surface area contributed by atoms with Gasteiger partial charge in [0.25, 0.3) is 5.91 Å². The fourth-order valence-electron chi connectivity index (χ4n) is 3.73. The number of anilines is 1. The van der Waals surface area contributed by atoms with Gasteiger partial charge in [-0.15, -0.1) is 0 Å². The number of aliphatic hydroxyl groups excluding tert-OH is 1. The number of carbonyl (C=O) groups is 2. The molecule has 31 heavy (non-hydrogen) atoms. The summed E-state index contributed by atoms with van der Waals surface area (Å²) in [7, 11) is 1.86. The molecule has 0 fully saturated rings. The number of carbonyl (C=O) groups excluding carboxylic acids is 2. The van der Waals surface area contributed by atoms with Crippen molar-refractivity contribution in [3.63, 3.8) is 0 Å². The third-order valence-electron chi connectivity index (χ3n) is 5.56. The van der Waals surface area contributed by atoms with Gasteiger partial charge in [-0.05, 0) is 37.7 Å². The highest BCUT2D eigenvalue weighted by molar-refractivity contribution is 6.00. The molecule has 0 spiro atoms. The summed E-state index contributed by atoms with van der Waals surface area (Å²) >= 11 is 0. The van der Waals surface area contributed by atoms with E-state index in [1.807, 2.05) is 51.2 Å². The number of benzene rings is 2. The number of hydrogen-bond donors (Lipinski definition) is 3. The lowest BCUT2D eigenvalue weighted by atomic mass is 9.99. The van der Waals surface area contributed by atoms with Crippen LogP contribution in [-0.2, 0) is 11.2 Å². The molecule has 0 saturated carbocycles. The Morgan fingerprint density at radius 3 is 2.68 bits per heavy atom. The molecule has 0 aromatic heterocycles. The Bertz CT molecular complexity index is 903. The van der Waals surface area contributed by atoms with Crippen LogP contribution in [-0.4, -0.2) is 60.7 Å². The zero-order chi connectivity index (χ0) is 22.4. The summed E-state index contributed by atoms with van der Waals surface area (Å²) < 4.78 is 6.19. The van der Waals surface area contributed by atoms with Crippen molar-refractivity contribution in [1.82, 2.24) is 10.2 Å². The summed E-state index contributed by atoms with van der Waals surface area (Å²) in [6.07, 6.45) is 0.112. The van der Waals surface area contributed by atoms with E-state index in [-0.39, 0.29) is 42.9 Å². The van der Waals surface area contributed by atoms with Gasteiger partial charge < -0.3 is 25.4 Å². The van der Waals surface area contributed by atoms with Crippen LogP contribution >= 0.6 is 0 Å². The van der Waals surface area contributed by atoms with Crippen molar-refractivity contribution in [3.8, 4) is 5.75 Å². The predicted molar refractivity (Wildman–Crippen MR) is 120 cm³/mol. The third-order valence-corrected chi connectivity index (χ3v) is 5.56. The second-order valence-electron chi connectivity index (χ2n) is 8.10. The molecule has 166 valence electrons. The highest BCUT2D eigenvalue weighted by Gasteiger charge is 2.32. The second kappa shape index (κ2) is 10.4. The Hall–Kier alpha value is -2.90. The number of rotatable bonds is 7. The van der Waals surface area contributed by atoms with E-state index in [1.165, 1.54) is 0 Å². The minimum atomic E-state index is -0.326. The van der Waals surface area contributed by atoms with E-state index in [2.05, 4.69) is 10.6 Å². The van der Waals surface area contributed by atoms with Crippen LogP contribution in [0, 0.1) is 5.92 Å². The topological polar surface area (TPSA) is 90.9 Å². The largest absolute Gasteiger partial charge is 0.488 e. The maximum atomic E-state index is 13.3.